The molecule has 0 aliphatic heterocycles. The lowest BCUT2D eigenvalue weighted by Gasteiger charge is -2.28. The van der Waals surface area contributed by atoms with Crippen molar-refractivity contribution in [2.24, 2.45) is 5.73 Å². The lowest BCUT2D eigenvalue weighted by atomic mass is 9.84. The fourth-order valence-corrected chi connectivity index (χ4v) is 2.57. The number of hydrogen-bond donors (Lipinski definition) is 1. The Balaban J connectivity index is 2.46. The Morgan fingerprint density at radius 3 is 2.55 bits per heavy atom. The van der Waals surface area contributed by atoms with Gasteiger partial charge in [-0.05, 0) is 30.5 Å². The van der Waals surface area contributed by atoms with Crippen molar-refractivity contribution in [1.82, 2.24) is 0 Å². The van der Waals surface area contributed by atoms with Gasteiger partial charge in [-0.15, -0.1) is 0 Å². The van der Waals surface area contributed by atoms with Gasteiger partial charge in [0.05, 0.1) is 12.6 Å². The van der Waals surface area contributed by atoms with E-state index in [2.05, 4.69) is 31.2 Å². The summed E-state index contributed by atoms with van der Waals surface area (Å²) in [6.45, 7) is 4.23. The highest BCUT2D eigenvalue weighted by Crippen LogP contribution is 2.33. The van der Waals surface area contributed by atoms with E-state index in [0.717, 1.165) is 29.7 Å². The largest absolute Gasteiger partial charge is 0.496 e. The highest BCUT2D eigenvalue weighted by atomic mass is 16.5. The highest BCUT2D eigenvalue weighted by Gasteiger charge is 2.27. The van der Waals surface area contributed by atoms with Crippen molar-refractivity contribution in [2.75, 3.05) is 7.11 Å². The van der Waals surface area contributed by atoms with E-state index in [1.807, 2.05) is 31.2 Å². The zero-order valence-electron chi connectivity index (χ0n) is 12.5. The fraction of sp³-hybridized carbons (Fsp3) is 0.333. The molecule has 0 saturated carbocycles. The summed E-state index contributed by atoms with van der Waals surface area (Å²) in [6.07, 6.45) is 2.22. The molecule has 0 aliphatic rings. The SMILES string of the molecule is CCCc1cccc(C(C)(N)c2ccccc2OC)c1. The number of methoxy groups -OCH3 is 1. The van der Waals surface area contributed by atoms with Crippen LogP contribution in [0, 0.1) is 0 Å². The molecule has 0 aromatic heterocycles. The Morgan fingerprint density at radius 1 is 1.10 bits per heavy atom. The van der Waals surface area contributed by atoms with Gasteiger partial charge in [0.1, 0.15) is 5.75 Å². The van der Waals surface area contributed by atoms with Gasteiger partial charge in [-0.25, -0.2) is 0 Å². The van der Waals surface area contributed by atoms with Crippen LogP contribution in [-0.2, 0) is 12.0 Å². The average Bonchev–Trinajstić information content (AvgIpc) is 2.48. The van der Waals surface area contributed by atoms with Gasteiger partial charge in [0, 0.05) is 5.56 Å². The number of ether oxygens (including phenoxy) is 1. The number of hydrogen-bond acceptors (Lipinski definition) is 2. The molecule has 2 aromatic carbocycles. The fourth-order valence-electron chi connectivity index (χ4n) is 2.57. The van der Waals surface area contributed by atoms with E-state index in [-0.39, 0.29) is 0 Å². The zero-order chi connectivity index (χ0) is 14.6. The summed E-state index contributed by atoms with van der Waals surface area (Å²) in [5.74, 6) is 0.832. The van der Waals surface area contributed by atoms with E-state index in [4.69, 9.17) is 10.5 Å². The summed E-state index contributed by atoms with van der Waals surface area (Å²) in [5, 5.41) is 0. The Bertz CT molecular complexity index is 575. The molecule has 2 rings (SSSR count). The molecule has 1 unspecified atom stereocenters. The van der Waals surface area contributed by atoms with Gasteiger partial charge >= 0.3 is 0 Å². The molecule has 0 radical (unpaired) electrons. The van der Waals surface area contributed by atoms with Crippen molar-refractivity contribution in [1.29, 1.82) is 0 Å². The molecule has 0 heterocycles. The standard InChI is InChI=1S/C18H23NO/c1-4-8-14-9-7-10-15(13-14)18(2,19)16-11-5-6-12-17(16)20-3/h5-7,9-13H,4,8,19H2,1-3H3. The first-order valence-corrected chi connectivity index (χ1v) is 7.11. The van der Waals surface area contributed by atoms with Crippen LogP contribution in [-0.4, -0.2) is 7.11 Å². The van der Waals surface area contributed by atoms with Crippen LogP contribution in [0.3, 0.4) is 0 Å². The number of nitrogens with two attached hydrogens (primary N) is 1. The van der Waals surface area contributed by atoms with Crippen LogP contribution >= 0.6 is 0 Å². The maximum absolute atomic E-state index is 6.62. The molecule has 2 N–H and O–H groups in total. The average molecular weight is 269 g/mol. The number of rotatable bonds is 5. The first kappa shape index (κ1) is 14.6. The van der Waals surface area contributed by atoms with E-state index in [0.29, 0.717) is 0 Å². The van der Waals surface area contributed by atoms with Crippen molar-refractivity contribution in [3.63, 3.8) is 0 Å². The van der Waals surface area contributed by atoms with Gasteiger partial charge in [0.2, 0.25) is 0 Å². The molecule has 0 amide bonds. The second-order valence-corrected chi connectivity index (χ2v) is 5.35. The van der Waals surface area contributed by atoms with Crippen molar-refractivity contribution < 1.29 is 4.74 Å². The molecule has 2 heteroatoms. The highest BCUT2D eigenvalue weighted by molar-refractivity contribution is 5.46. The monoisotopic (exact) mass is 269 g/mol. The third-order valence-electron chi connectivity index (χ3n) is 3.73. The minimum Gasteiger partial charge on any atom is -0.496 e. The molecule has 0 saturated heterocycles. The van der Waals surface area contributed by atoms with Crippen LogP contribution in [0.25, 0.3) is 0 Å². The quantitative estimate of drug-likeness (QED) is 0.894. The Kier molecular flexibility index (Phi) is 4.46. The van der Waals surface area contributed by atoms with Crippen LogP contribution in [0.5, 0.6) is 5.75 Å². The van der Waals surface area contributed by atoms with Gasteiger partial charge in [-0.2, -0.15) is 0 Å². The van der Waals surface area contributed by atoms with Gasteiger partial charge in [-0.3, -0.25) is 0 Å². The predicted molar refractivity (Wildman–Crippen MR) is 84.1 cm³/mol. The molecule has 2 aromatic rings. The smallest absolute Gasteiger partial charge is 0.124 e. The molecule has 0 fully saturated rings. The van der Waals surface area contributed by atoms with E-state index in [1.165, 1.54) is 5.56 Å². The maximum Gasteiger partial charge on any atom is 0.124 e. The van der Waals surface area contributed by atoms with Crippen molar-refractivity contribution in [3.05, 3.63) is 65.2 Å². The van der Waals surface area contributed by atoms with Crippen molar-refractivity contribution in [3.8, 4) is 5.75 Å². The van der Waals surface area contributed by atoms with E-state index >= 15 is 0 Å². The summed E-state index contributed by atoms with van der Waals surface area (Å²) in [4.78, 5) is 0. The normalized spacial score (nSPS) is 13.8. The third-order valence-corrected chi connectivity index (χ3v) is 3.73. The molecule has 0 bridgehead atoms. The van der Waals surface area contributed by atoms with Crippen LogP contribution in [0.15, 0.2) is 48.5 Å². The topological polar surface area (TPSA) is 35.2 Å². The van der Waals surface area contributed by atoms with Crippen LogP contribution < -0.4 is 10.5 Å². The third kappa shape index (κ3) is 2.86. The summed E-state index contributed by atoms with van der Waals surface area (Å²) in [5.41, 5.74) is 9.52. The van der Waals surface area contributed by atoms with Crippen LogP contribution in [0.4, 0.5) is 0 Å². The lowest BCUT2D eigenvalue weighted by molar-refractivity contribution is 0.399. The second kappa shape index (κ2) is 6.10. The summed E-state index contributed by atoms with van der Waals surface area (Å²) >= 11 is 0. The number of para-hydroxylation sites is 1. The molecule has 106 valence electrons. The summed E-state index contributed by atoms with van der Waals surface area (Å²) in [6, 6.07) is 16.5. The first-order valence-electron chi connectivity index (χ1n) is 7.11. The second-order valence-electron chi connectivity index (χ2n) is 5.35. The predicted octanol–water partition coefficient (Wildman–Crippen LogP) is 3.87. The molecule has 2 nitrogen and oxygen atoms in total. The molecular formula is C18H23NO. The van der Waals surface area contributed by atoms with E-state index < -0.39 is 5.54 Å². The molecule has 1 atom stereocenters. The van der Waals surface area contributed by atoms with Gasteiger partial charge in [0.15, 0.2) is 0 Å². The summed E-state index contributed by atoms with van der Waals surface area (Å²) in [7, 11) is 1.68. The maximum atomic E-state index is 6.62. The minimum atomic E-state index is -0.559. The van der Waals surface area contributed by atoms with Crippen molar-refractivity contribution in [2.45, 2.75) is 32.2 Å². The summed E-state index contributed by atoms with van der Waals surface area (Å²) < 4.78 is 5.45. The Hall–Kier alpha value is -1.80. The molecular weight excluding hydrogens is 246 g/mol. The zero-order valence-corrected chi connectivity index (χ0v) is 12.5. The molecule has 0 aliphatic carbocycles. The first-order chi connectivity index (χ1) is 9.59. The minimum absolute atomic E-state index is 0.559. The Labute approximate surface area is 121 Å². The number of aryl methyl sites for hydroxylation is 1. The van der Waals surface area contributed by atoms with Crippen LogP contribution in [0.1, 0.15) is 37.0 Å². The Morgan fingerprint density at radius 2 is 1.85 bits per heavy atom. The molecule has 20 heavy (non-hydrogen) atoms. The van der Waals surface area contributed by atoms with Gasteiger partial charge in [-0.1, -0.05) is 55.8 Å². The molecule has 0 spiro atoms. The van der Waals surface area contributed by atoms with E-state index in [9.17, 15) is 0 Å². The van der Waals surface area contributed by atoms with Gasteiger partial charge in [0.25, 0.3) is 0 Å². The number of benzene rings is 2. The van der Waals surface area contributed by atoms with Crippen LogP contribution in [0.2, 0.25) is 0 Å². The van der Waals surface area contributed by atoms with Gasteiger partial charge < -0.3 is 10.5 Å². The lowest BCUT2D eigenvalue weighted by Crippen LogP contribution is -2.34. The van der Waals surface area contributed by atoms with Crippen molar-refractivity contribution >= 4 is 0 Å². The van der Waals surface area contributed by atoms with E-state index in [1.54, 1.807) is 7.11 Å².